The van der Waals surface area contributed by atoms with Crippen LogP contribution in [0.5, 0.6) is 11.5 Å². The van der Waals surface area contributed by atoms with Crippen molar-refractivity contribution in [3.05, 3.63) is 107 Å². The van der Waals surface area contributed by atoms with E-state index in [1.807, 2.05) is 66.0 Å². The Balaban J connectivity index is 1.35. The molecule has 0 fully saturated rings. The van der Waals surface area contributed by atoms with Crippen molar-refractivity contribution < 1.29 is 9.53 Å². The molecule has 0 saturated heterocycles. The van der Waals surface area contributed by atoms with Gasteiger partial charge in [-0.25, -0.2) is 4.68 Å². The van der Waals surface area contributed by atoms with Crippen molar-refractivity contribution in [3.8, 4) is 22.1 Å². The number of rotatable bonds is 6. The van der Waals surface area contributed by atoms with Crippen LogP contribution in [-0.4, -0.2) is 15.7 Å². The molecule has 1 amide bonds. The lowest BCUT2D eigenvalue weighted by atomic mass is 10.1. The Morgan fingerprint density at radius 2 is 1.55 bits per heavy atom. The molecule has 0 bridgehead atoms. The first kappa shape index (κ1) is 20.7. The van der Waals surface area contributed by atoms with Crippen LogP contribution in [0.2, 0.25) is 0 Å². The van der Waals surface area contributed by atoms with Gasteiger partial charge in [0, 0.05) is 11.1 Å². The Morgan fingerprint density at radius 3 is 2.27 bits per heavy atom. The summed E-state index contributed by atoms with van der Waals surface area (Å²) in [5.74, 6) is 1.05. The zero-order chi connectivity index (χ0) is 22.6. The van der Waals surface area contributed by atoms with Crippen molar-refractivity contribution in [2.24, 2.45) is 0 Å². The second kappa shape index (κ2) is 9.10. The van der Waals surface area contributed by atoms with E-state index in [0.29, 0.717) is 22.5 Å². The molecule has 0 saturated carbocycles. The third kappa shape index (κ3) is 4.53. The minimum Gasteiger partial charge on any atom is -0.457 e. The van der Waals surface area contributed by atoms with Gasteiger partial charge in [0.2, 0.25) is 5.91 Å². The first-order chi connectivity index (χ1) is 16.2. The zero-order valence-electron chi connectivity index (χ0n) is 17.5. The second-order valence-electron chi connectivity index (χ2n) is 7.32. The van der Waals surface area contributed by atoms with Crippen molar-refractivity contribution in [3.63, 3.8) is 0 Å². The van der Waals surface area contributed by atoms with Crippen LogP contribution in [0.25, 0.3) is 21.3 Å². The molecule has 0 atom stereocenters. The smallest absolute Gasteiger partial charge is 0.275 e. The summed E-state index contributed by atoms with van der Waals surface area (Å²) in [6.45, 7) is -0.190. The van der Waals surface area contributed by atoms with Crippen LogP contribution in [0.4, 0.5) is 5.69 Å². The molecule has 0 unspecified atom stereocenters. The summed E-state index contributed by atoms with van der Waals surface area (Å²) in [5.41, 5.74) is 0.996. The molecule has 7 heteroatoms. The molecule has 6 nitrogen and oxygen atoms in total. The number of thiophene rings is 1. The van der Waals surface area contributed by atoms with Gasteiger partial charge in [0.1, 0.15) is 23.7 Å². The van der Waals surface area contributed by atoms with Gasteiger partial charge in [-0.2, -0.15) is 5.10 Å². The number of carbonyl (C=O) groups excluding carboxylic acids is 1. The predicted molar refractivity (Wildman–Crippen MR) is 131 cm³/mol. The molecule has 162 valence electrons. The summed E-state index contributed by atoms with van der Waals surface area (Å²) >= 11 is 1.54. The molecule has 33 heavy (non-hydrogen) atoms. The van der Waals surface area contributed by atoms with Gasteiger partial charge >= 0.3 is 0 Å². The maximum atomic E-state index is 13.0. The number of hydrogen-bond acceptors (Lipinski definition) is 5. The molecular weight excluding hydrogens is 434 g/mol. The molecule has 3 aromatic carbocycles. The lowest BCUT2D eigenvalue weighted by molar-refractivity contribution is -0.117. The highest BCUT2D eigenvalue weighted by Gasteiger charge is 2.15. The lowest BCUT2D eigenvalue weighted by Gasteiger charge is -2.11. The summed E-state index contributed by atoms with van der Waals surface area (Å²) in [6, 6.07) is 27.7. The average molecular weight is 454 g/mol. The second-order valence-corrected chi connectivity index (χ2v) is 8.27. The molecule has 0 aliphatic heterocycles. The van der Waals surface area contributed by atoms with Gasteiger partial charge in [-0.15, -0.1) is 11.3 Å². The van der Waals surface area contributed by atoms with E-state index in [1.165, 1.54) is 16.0 Å². The maximum absolute atomic E-state index is 13.0. The Hall–Kier alpha value is -4.23. The number of fused-ring (bicyclic) bond motifs is 1. The fourth-order valence-electron chi connectivity index (χ4n) is 3.51. The van der Waals surface area contributed by atoms with Gasteiger partial charge in [-0.05, 0) is 53.9 Å². The Morgan fingerprint density at radius 1 is 0.848 bits per heavy atom. The third-order valence-corrected chi connectivity index (χ3v) is 5.91. The monoisotopic (exact) mass is 453 g/mol. The molecule has 2 aromatic heterocycles. The molecule has 0 aliphatic carbocycles. The number of hydrogen-bond donors (Lipinski definition) is 1. The van der Waals surface area contributed by atoms with Gasteiger partial charge in [0.05, 0.1) is 10.3 Å². The summed E-state index contributed by atoms with van der Waals surface area (Å²) in [5, 5.41) is 10.6. The lowest BCUT2D eigenvalue weighted by Crippen LogP contribution is -2.30. The van der Waals surface area contributed by atoms with Gasteiger partial charge in [0.25, 0.3) is 5.56 Å². The number of nitrogens with one attached hydrogen (secondary N) is 1. The number of aromatic nitrogens is 2. The third-order valence-electron chi connectivity index (χ3n) is 5.03. The largest absolute Gasteiger partial charge is 0.457 e. The standard InChI is InChI=1S/C26H19N3O3S/c30-24(27-18-12-14-20(15-13-18)32-19-7-2-1-3-8-19)17-29-26(31)22-10-5-4-9-21(22)25(28-29)23-11-6-16-33-23/h1-16H,17H2,(H,27,30). The van der Waals surface area contributed by atoms with Gasteiger partial charge < -0.3 is 10.1 Å². The molecule has 1 N–H and O–H groups in total. The van der Waals surface area contributed by atoms with Gasteiger partial charge in [-0.3, -0.25) is 9.59 Å². The first-order valence-corrected chi connectivity index (χ1v) is 11.2. The Bertz CT molecular complexity index is 1460. The number of nitrogens with zero attached hydrogens (tertiary/aromatic N) is 2. The molecular formula is C26H19N3O3S. The highest BCUT2D eigenvalue weighted by molar-refractivity contribution is 7.13. The van der Waals surface area contributed by atoms with E-state index in [1.54, 1.807) is 30.3 Å². The molecule has 0 spiro atoms. The van der Waals surface area contributed by atoms with E-state index in [2.05, 4.69) is 10.4 Å². The number of benzene rings is 3. The van der Waals surface area contributed by atoms with Crippen molar-refractivity contribution >= 4 is 33.7 Å². The normalized spacial score (nSPS) is 10.8. The average Bonchev–Trinajstić information content (AvgIpc) is 3.38. The minimum absolute atomic E-state index is 0.190. The minimum atomic E-state index is -0.339. The highest BCUT2D eigenvalue weighted by Crippen LogP contribution is 2.28. The van der Waals surface area contributed by atoms with Crippen molar-refractivity contribution in [1.82, 2.24) is 9.78 Å². The number of amides is 1. The summed E-state index contributed by atoms with van der Waals surface area (Å²) in [6.07, 6.45) is 0. The summed E-state index contributed by atoms with van der Waals surface area (Å²) in [4.78, 5) is 26.6. The Kier molecular flexibility index (Phi) is 5.70. The van der Waals surface area contributed by atoms with E-state index in [0.717, 1.165) is 16.0 Å². The highest BCUT2D eigenvalue weighted by atomic mass is 32.1. The van der Waals surface area contributed by atoms with Crippen LogP contribution in [0.1, 0.15) is 0 Å². The molecule has 0 radical (unpaired) electrons. The van der Waals surface area contributed by atoms with Crippen molar-refractivity contribution in [2.45, 2.75) is 6.54 Å². The summed E-state index contributed by atoms with van der Waals surface area (Å²) in [7, 11) is 0. The van der Waals surface area contributed by atoms with Crippen LogP contribution in [0, 0.1) is 0 Å². The van der Waals surface area contributed by atoms with Gasteiger partial charge in [0.15, 0.2) is 0 Å². The van der Waals surface area contributed by atoms with Crippen LogP contribution in [-0.2, 0) is 11.3 Å². The molecule has 0 aliphatic rings. The molecule has 5 rings (SSSR count). The quantitative estimate of drug-likeness (QED) is 0.366. The maximum Gasteiger partial charge on any atom is 0.275 e. The van der Waals surface area contributed by atoms with Crippen molar-refractivity contribution in [1.29, 1.82) is 0 Å². The molecule has 2 heterocycles. The van der Waals surface area contributed by atoms with E-state index in [-0.39, 0.29) is 18.0 Å². The SMILES string of the molecule is O=C(Cn1nc(-c2cccs2)c2ccccc2c1=O)Nc1ccc(Oc2ccccc2)cc1. The fourth-order valence-corrected chi connectivity index (χ4v) is 4.23. The van der Waals surface area contributed by atoms with Crippen LogP contribution >= 0.6 is 11.3 Å². The van der Waals surface area contributed by atoms with Crippen LogP contribution < -0.4 is 15.6 Å². The fraction of sp³-hybridized carbons (Fsp3) is 0.0385. The topological polar surface area (TPSA) is 73.2 Å². The van der Waals surface area contributed by atoms with E-state index in [4.69, 9.17) is 4.74 Å². The van der Waals surface area contributed by atoms with Crippen LogP contribution in [0.15, 0.2) is 101 Å². The number of carbonyl (C=O) groups is 1. The number of anilines is 1. The van der Waals surface area contributed by atoms with Crippen LogP contribution in [0.3, 0.4) is 0 Å². The van der Waals surface area contributed by atoms with E-state index < -0.39 is 0 Å². The molecule has 5 aromatic rings. The Labute approximate surface area is 193 Å². The first-order valence-electron chi connectivity index (χ1n) is 10.3. The predicted octanol–water partition coefficient (Wildman–Crippen LogP) is 5.56. The van der Waals surface area contributed by atoms with E-state index in [9.17, 15) is 9.59 Å². The van der Waals surface area contributed by atoms with E-state index >= 15 is 0 Å². The van der Waals surface area contributed by atoms with Gasteiger partial charge in [-0.1, -0.05) is 42.5 Å². The number of ether oxygens (including phenoxy) is 1. The van der Waals surface area contributed by atoms with Crippen molar-refractivity contribution in [2.75, 3.05) is 5.32 Å². The number of para-hydroxylation sites is 1. The summed E-state index contributed by atoms with van der Waals surface area (Å²) < 4.78 is 6.99. The zero-order valence-corrected chi connectivity index (χ0v) is 18.3.